The highest BCUT2D eigenvalue weighted by molar-refractivity contribution is 7.85. The number of hydrogen-bond acceptors (Lipinski definition) is 4. The molecule has 0 aliphatic heterocycles. The zero-order valence-corrected chi connectivity index (χ0v) is 8.91. The maximum atomic E-state index is 11.2. The minimum Gasteiger partial charge on any atom is -0.360 e. The van der Waals surface area contributed by atoms with Gasteiger partial charge in [-0.15, -0.1) is 0 Å². The SMILES string of the molecule is COS(=O)(=O)Cc1cc2cc[nH]c2cn1. The van der Waals surface area contributed by atoms with Crippen LogP contribution in [0.1, 0.15) is 5.69 Å². The number of fused-ring (bicyclic) bond motifs is 1. The summed E-state index contributed by atoms with van der Waals surface area (Å²) in [6.07, 6.45) is 3.39. The van der Waals surface area contributed by atoms with Crippen LogP contribution in [0.3, 0.4) is 0 Å². The first-order valence-electron chi connectivity index (χ1n) is 4.31. The first-order valence-corrected chi connectivity index (χ1v) is 5.89. The molecule has 5 nitrogen and oxygen atoms in total. The van der Waals surface area contributed by atoms with E-state index in [9.17, 15) is 8.42 Å². The summed E-state index contributed by atoms with van der Waals surface area (Å²) >= 11 is 0. The number of rotatable bonds is 3. The molecule has 0 unspecified atom stereocenters. The lowest BCUT2D eigenvalue weighted by Crippen LogP contribution is -2.06. The molecule has 1 N–H and O–H groups in total. The van der Waals surface area contributed by atoms with Crippen molar-refractivity contribution in [3.05, 3.63) is 30.2 Å². The van der Waals surface area contributed by atoms with E-state index in [4.69, 9.17) is 0 Å². The second-order valence-electron chi connectivity index (χ2n) is 3.11. The van der Waals surface area contributed by atoms with Crippen molar-refractivity contribution < 1.29 is 12.6 Å². The van der Waals surface area contributed by atoms with E-state index in [2.05, 4.69) is 14.2 Å². The number of pyridine rings is 1. The number of aromatic amines is 1. The Bertz CT molecular complexity index is 574. The molecule has 6 heteroatoms. The molecule has 2 heterocycles. The van der Waals surface area contributed by atoms with Gasteiger partial charge >= 0.3 is 0 Å². The van der Waals surface area contributed by atoms with E-state index < -0.39 is 10.1 Å². The van der Waals surface area contributed by atoms with Crippen LogP contribution < -0.4 is 0 Å². The van der Waals surface area contributed by atoms with Crippen molar-refractivity contribution in [1.82, 2.24) is 9.97 Å². The average molecular weight is 226 g/mol. The Kier molecular flexibility index (Phi) is 2.45. The van der Waals surface area contributed by atoms with Gasteiger partial charge < -0.3 is 4.98 Å². The maximum absolute atomic E-state index is 11.2. The lowest BCUT2D eigenvalue weighted by atomic mass is 10.3. The second-order valence-corrected chi connectivity index (χ2v) is 4.85. The van der Waals surface area contributed by atoms with Crippen LogP contribution in [-0.4, -0.2) is 25.5 Å². The van der Waals surface area contributed by atoms with Crippen LogP contribution in [0.15, 0.2) is 24.5 Å². The molecule has 0 atom stereocenters. The highest BCUT2D eigenvalue weighted by Crippen LogP contribution is 2.13. The monoisotopic (exact) mass is 226 g/mol. The molecule has 0 amide bonds. The fraction of sp³-hybridized carbons (Fsp3) is 0.222. The van der Waals surface area contributed by atoms with Crippen molar-refractivity contribution in [2.45, 2.75) is 5.75 Å². The standard InChI is InChI=1S/C9H10N2O3S/c1-14-15(12,13)6-8-4-7-2-3-10-9(7)5-11-8/h2-5,10H,6H2,1H3. The van der Waals surface area contributed by atoms with Crippen LogP contribution in [0.2, 0.25) is 0 Å². The molecule has 0 aliphatic rings. The van der Waals surface area contributed by atoms with E-state index in [0.29, 0.717) is 5.69 Å². The molecule has 0 fully saturated rings. The second kappa shape index (κ2) is 3.63. The molecule has 2 aromatic rings. The van der Waals surface area contributed by atoms with Crippen molar-refractivity contribution in [3.8, 4) is 0 Å². The zero-order valence-electron chi connectivity index (χ0n) is 8.10. The van der Waals surface area contributed by atoms with Gasteiger partial charge in [-0.05, 0) is 12.1 Å². The van der Waals surface area contributed by atoms with E-state index in [0.717, 1.165) is 18.0 Å². The molecule has 0 aromatic carbocycles. The number of nitrogens with one attached hydrogen (secondary N) is 1. The van der Waals surface area contributed by atoms with Gasteiger partial charge in [-0.1, -0.05) is 0 Å². The molecule has 0 bridgehead atoms. The van der Waals surface area contributed by atoms with Gasteiger partial charge in [-0.3, -0.25) is 9.17 Å². The Morgan fingerprint density at radius 2 is 2.33 bits per heavy atom. The fourth-order valence-corrected chi connectivity index (χ4v) is 1.95. The Morgan fingerprint density at radius 1 is 1.53 bits per heavy atom. The van der Waals surface area contributed by atoms with Crippen LogP contribution in [0.25, 0.3) is 10.9 Å². The summed E-state index contributed by atoms with van der Waals surface area (Å²) in [7, 11) is -2.35. The number of H-pyrrole nitrogens is 1. The fourth-order valence-electron chi connectivity index (χ4n) is 1.32. The van der Waals surface area contributed by atoms with Crippen molar-refractivity contribution >= 4 is 21.0 Å². The summed E-state index contributed by atoms with van der Waals surface area (Å²) < 4.78 is 26.7. The van der Waals surface area contributed by atoms with Gasteiger partial charge in [-0.2, -0.15) is 8.42 Å². The minimum absolute atomic E-state index is 0.204. The van der Waals surface area contributed by atoms with Gasteiger partial charge in [0.25, 0.3) is 10.1 Å². The molecule has 80 valence electrons. The summed E-state index contributed by atoms with van der Waals surface area (Å²) in [5.74, 6) is -0.204. The molecule has 15 heavy (non-hydrogen) atoms. The summed E-state index contributed by atoms with van der Waals surface area (Å²) in [6, 6.07) is 3.59. The van der Waals surface area contributed by atoms with E-state index in [1.54, 1.807) is 18.5 Å². The largest absolute Gasteiger partial charge is 0.360 e. The molecule has 0 saturated carbocycles. The predicted octanol–water partition coefficient (Wildman–Crippen LogP) is 1.04. The van der Waals surface area contributed by atoms with Gasteiger partial charge in [0.15, 0.2) is 0 Å². The van der Waals surface area contributed by atoms with Crippen molar-refractivity contribution in [3.63, 3.8) is 0 Å². The average Bonchev–Trinajstić information content (AvgIpc) is 2.64. The third kappa shape index (κ3) is 2.16. The Balaban J connectivity index is 2.37. The van der Waals surface area contributed by atoms with Gasteiger partial charge in [0.2, 0.25) is 0 Å². The quantitative estimate of drug-likeness (QED) is 0.794. The first-order chi connectivity index (χ1) is 7.11. The van der Waals surface area contributed by atoms with Gasteiger partial charge in [0, 0.05) is 11.6 Å². The van der Waals surface area contributed by atoms with Crippen LogP contribution >= 0.6 is 0 Å². The lowest BCUT2D eigenvalue weighted by Gasteiger charge is -2.00. The van der Waals surface area contributed by atoms with E-state index in [1.165, 1.54) is 0 Å². The van der Waals surface area contributed by atoms with Gasteiger partial charge in [-0.25, -0.2) is 0 Å². The normalized spacial score (nSPS) is 12.1. The molecule has 0 saturated heterocycles. The first kappa shape index (κ1) is 10.1. The van der Waals surface area contributed by atoms with E-state index in [1.807, 2.05) is 6.07 Å². The van der Waals surface area contributed by atoms with Crippen LogP contribution in [0, 0.1) is 0 Å². The molecule has 0 spiro atoms. The van der Waals surface area contributed by atoms with Crippen LogP contribution in [-0.2, 0) is 20.1 Å². The topological polar surface area (TPSA) is 72.1 Å². The molecule has 2 rings (SSSR count). The predicted molar refractivity (Wildman–Crippen MR) is 55.7 cm³/mol. The van der Waals surface area contributed by atoms with Crippen LogP contribution in [0.5, 0.6) is 0 Å². The Hall–Kier alpha value is -1.40. The van der Waals surface area contributed by atoms with Crippen LogP contribution in [0.4, 0.5) is 0 Å². The highest BCUT2D eigenvalue weighted by atomic mass is 32.2. The van der Waals surface area contributed by atoms with Gasteiger partial charge in [0.05, 0.1) is 24.5 Å². The Morgan fingerprint density at radius 3 is 3.07 bits per heavy atom. The van der Waals surface area contributed by atoms with Crippen molar-refractivity contribution in [1.29, 1.82) is 0 Å². The summed E-state index contributed by atoms with van der Waals surface area (Å²) in [4.78, 5) is 7.00. The summed E-state index contributed by atoms with van der Waals surface area (Å²) in [5, 5.41) is 0.936. The summed E-state index contributed by atoms with van der Waals surface area (Å²) in [5.41, 5.74) is 1.36. The molecule has 0 radical (unpaired) electrons. The van der Waals surface area contributed by atoms with Gasteiger partial charge in [0.1, 0.15) is 5.75 Å². The molecular formula is C9H10N2O3S. The third-order valence-electron chi connectivity index (χ3n) is 2.07. The van der Waals surface area contributed by atoms with Crippen molar-refractivity contribution in [2.75, 3.05) is 7.11 Å². The molecule has 0 aliphatic carbocycles. The summed E-state index contributed by atoms with van der Waals surface area (Å²) in [6.45, 7) is 0. The smallest absolute Gasteiger partial charge is 0.272 e. The van der Waals surface area contributed by atoms with E-state index in [-0.39, 0.29) is 5.75 Å². The molecular weight excluding hydrogens is 216 g/mol. The number of aromatic nitrogens is 2. The highest BCUT2D eigenvalue weighted by Gasteiger charge is 2.11. The lowest BCUT2D eigenvalue weighted by molar-refractivity contribution is 0.396. The maximum Gasteiger partial charge on any atom is 0.272 e. The molecule has 2 aromatic heterocycles. The zero-order chi connectivity index (χ0) is 10.9. The van der Waals surface area contributed by atoms with Crippen molar-refractivity contribution in [2.24, 2.45) is 0 Å². The van der Waals surface area contributed by atoms with E-state index >= 15 is 0 Å². The number of nitrogens with zero attached hydrogens (tertiary/aromatic N) is 1. The minimum atomic E-state index is -3.50. The Labute approximate surface area is 87.2 Å². The number of hydrogen-bond donors (Lipinski definition) is 1. The third-order valence-corrected chi connectivity index (χ3v) is 3.23.